The van der Waals surface area contributed by atoms with Crippen molar-refractivity contribution in [2.75, 3.05) is 18.6 Å². The zero-order chi connectivity index (χ0) is 19.3. The first-order valence-electron chi connectivity index (χ1n) is 8.40. The van der Waals surface area contributed by atoms with Crippen LogP contribution in [0.5, 0.6) is 0 Å². The monoisotopic (exact) mass is 354 g/mol. The fourth-order valence-corrected chi connectivity index (χ4v) is 2.92. The van der Waals surface area contributed by atoms with Gasteiger partial charge in [0.15, 0.2) is 0 Å². The van der Waals surface area contributed by atoms with Crippen molar-refractivity contribution in [1.29, 1.82) is 5.26 Å². The Bertz CT molecular complexity index is 830. The van der Waals surface area contributed by atoms with E-state index in [0.717, 1.165) is 0 Å². The summed E-state index contributed by atoms with van der Waals surface area (Å²) in [7, 11) is 1.30. The second kappa shape index (κ2) is 8.34. The molecule has 0 aliphatic carbocycles. The number of nitriles is 1. The molecule has 6 nitrogen and oxygen atoms in total. The lowest BCUT2D eigenvalue weighted by atomic mass is 9.95. The van der Waals surface area contributed by atoms with E-state index in [9.17, 15) is 14.9 Å². The Morgan fingerprint density at radius 1 is 1.15 bits per heavy atom. The van der Waals surface area contributed by atoms with Gasteiger partial charge in [-0.15, -0.1) is 0 Å². The van der Waals surface area contributed by atoms with Crippen LogP contribution >= 0.6 is 0 Å². The maximum Gasteiger partial charge on any atom is 0.336 e. The predicted octanol–water partition coefficient (Wildman–Crippen LogP) is 3.44. The van der Waals surface area contributed by atoms with Crippen molar-refractivity contribution in [3.63, 3.8) is 0 Å². The molecule has 0 saturated carbocycles. The third-order valence-electron chi connectivity index (χ3n) is 4.28. The molecule has 0 N–H and O–H groups in total. The molecule has 1 heterocycles. The van der Waals surface area contributed by atoms with Crippen molar-refractivity contribution in [2.45, 2.75) is 33.6 Å². The Kier molecular flexibility index (Phi) is 6.18. The number of para-hydroxylation sites is 1. The lowest BCUT2D eigenvalue weighted by Gasteiger charge is -2.34. The van der Waals surface area contributed by atoms with E-state index in [1.165, 1.54) is 7.11 Å². The number of carbonyl (C=O) groups excluding carboxylic acids is 2. The molecule has 26 heavy (non-hydrogen) atoms. The molecule has 1 aromatic carbocycles. The molecule has 0 aromatic heterocycles. The first-order valence-corrected chi connectivity index (χ1v) is 8.40. The van der Waals surface area contributed by atoms with Gasteiger partial charge in [0.05, 0.1) is 36.1 Å². The number of hydrogen-bond acceptors (Lipinski definition) is 6. The highest BCUT2D eigenvalue weighted by atomic mass is 16.5. The summed E-state index contributed by atoms with van der Waals surface area (Å²) in [5.41, 5.74) is 3.07. The molecule has 0 fully saturated rings. The second-order valence-electron chi connectivity index (χ2n) is 5.90. The van der Waals surface area contributed by atoms with E-state index < -0.39 is 11.9 Å². The molecular weight excluding hydrogens is 332 g/mol. The van der Waals surface area contributed by atoms with Gasteiger partial charge in [-0.05, 0) is 32.4 Å². The smallest absolute Gasteiger partial charge is 0.336 e. The van der Waals surface area contributed by atoms with Crippen molar-refractivity contribution in [2.24, 2.45) is 0 Å². The van der Waals surface area contributed by atoms with Crippen LogP contribution in [-0.2, 0) is 19.1 Å². The normalized spacial score (nSPS) is 14.2. The Hall–Kier alpha value is -3.07. The van der Waals surface area contributed by atoms with Crippen LogP contribution in [-0.4, -0.2) is 25.7 Å². The van der Waals surface area contributed by atoms with Crippen molar-refractivity contribution >= 4 is 17.6 Å². The van der Waals surface area contributed by atoms with Gasteiger partial charge >= 0.3 is 11.9 Å². The van der Waals surface area contributed by atoms with Gasteiger partial charge in [0, 0.05) is 17.8 Å². The Balaban J connectivity index is 2.62. The van der Waals surface area contributed by atoms with E-state index in [2.05, 4.69) is 6.07 Å². The molecule has 0 saturated heterocycles. The summed E-state index contributed by atoms with van der Waals surface area (Å²) in [6.45, 7) is 5.78. The number of methoxy groups -OCH3 is 1. The lowest BCUT2D eigenvalue weighted by Crippen LogP contribution is -2.31. The van der Waals surface area contributed by atoms with E-state index in [-0.39, 0.29) is 6.42 Å². The fourth-order valence-electron chi connectivity index (χ4n) is 2.92. The topological polar surface area (TPSA) is 79.6 Å². The second-order valence-corrected chi connectivity index (χ2v) is 5.90. The number of anilines is 1. The van der Waals surface area contributed by atoms with Crippen LogP contribution < -0.4 is 4.90 Å². The maximum atomic E-state index is 12.5. The molecule has 0 radical (unpaired) electrons. The van der Waals surface area contributed by atoms with Gasteiger partial charge in [0.25, 0.3) is 0 Å². The number of allylic oxidation sites excluding steroid dienone is 2. The third kappa shape index (κ3) is 3.62. The van der Waals surface area contributed by atoms with Gasteiger partial charge in [-0.1, -0.05) is 19.1 Å². The molecular formula is C20H22N2O4. The summed E-state index contributed by atoms with van der Waals surface area (Å²) in [5, 5.41) is 9.44. The van der Waals surface area contributed by atoms with Crippen LogP contribution in [0.4, 0.5) is 5.69 Å². The molecule has 0 atom stereocenters. The van der Waals surface area contributed by atoms with E-state index in [1.54, 1.807) is 43.0 Å². The molecule has 0 unspecified atom stereocenters. The average Bonchev–Trinajstić information content (AvgIpc) is 2.66. The largest absolute Gasteiger partial charge is 0.466 e. The van der Waals surface area contributed by atoms with Gasteiger partial charge in [-0.2, -0.15) is 5.26 Å². The molecule has 0 spiro atoms. The number of rotatable bonds is 5. The first-order chi connectivity index (χ1) is 12.5. The summed E-state index contributed by atoms with van der Waals surface area (Å²) in [6.07, 6.45) is 0.843. The highest BCUT2D eigenvalue weighted by Gasteiger charge is 2.32. The zero-order valence-electron chi connectivity index (χ0n) is 15.5. The summed E-state index contributed by atoms with van der Waals surface area (Å²) in [4.78, 5) is 26.5. The molecule has 1 aliphatic heterocycles. The van der Waals surface area contributed by atoms with Gasteiger partial charge in [0.1, 0.15) is 6.07 Å². The minimum atomic E-state index is -0.504. The summed E-state index contributed by atoms with van der Waals surface area (Å²) in [6, 6.07) is 9.19. The molecule has 6 heteroatoms. The molecule has 2 rings (SSSR count). The summed E-state index contributed by atoms with van der Waals surface area (Å²) < 4.78 is 10.2. The molecule has 1 aromatic rings. The molecule has 0 bridgehead atoms. The van der Waals surface area contributed by atoms with Crippen molar-refractivity contribution in [1.82, 2.24) is 0 Å². The van der Waals surface area contributed by atoms with Crippen LogP contribution in [0, 0.1) is 11.3 Å². The van der Waals surface area contributed by atoms with Crippen LogP contribution in [0.15, 0.2) is 46.8 Å². The maximum absolute atomic E-state index is 12.5. The Morgan fingerprint density at radius 3 is 2.35 bits per heavy atom. The molecule has 136 valence electrons. The zero-order valence-corrected chi connectivity index (χ0v) is 15.5. The number of hydrogen-bond donors (Lipinski definition) is 0. The van der Waals surface area contributed by atoms with E-state index in [4.69, 9.17) is 9.47 Å². The lowest BCUT2D eigenvalue weighted by molar-refractivity contribution is -0.139. The third-order valence-corrected chi connectivity index (χ3v) is 4.28. The SMILES string of the molecule is CCCOC(=O)C1=C(C)N(c2ccccc2C#N)C(C)=C(C(=O)OC)C1. The Morgan fingerprint density at radius 2 is 1.77 bits per heavy atom. The number of nitrogens with zero attached hydrogens (tertiary/aromatic N) is 2. The van der Waals surface area contributed by atoms with Crippen molar-refractivity contribution < 1.29 is 19.1 Å². The highest BCUT2D eigenvalue weighted by Crippen LogP contribution is 2.37. The van der Waals surface area contributed by atoms with Crippen LogP contribution in [0.3, 0.4) is 0 Å². The van der Waals surface area contributed by atoms with E-state index >= 15 is 0 Å². The average molecular weight is 354 g/mol. The van der Waals surface area contributed by atoms with Crippen molar-refractivity contribution in [3.05, 3.63) is 52.4 Å². The predicted molar refractivity (Wildman–Crippen MR) is 96.9 cm³/mol. The van der Waals surface area contributed by atoms with Gasteiger partial charge in [-0.3, -0.25) is 0 Å². The first kappa shape index (κ1) is 19.3. The van der Waals surface area contributed by atoms with Crippen LogP contribution in [0.2, 0.25) is 0 Å². The van der Waals surface area contributed by atoms with E-state index in [0.29, 0.717) is 46.8 Å². The molecule has 0 amide bonds. The minimum absolute atomic E-state index is 0.137. The van der Waals surface area contributed by atoms with Gasteiger partial charge < -0.3 is 14.4 Å². The molecule has 1 aliphatic rings. The van der Waals surface area contributed by atoms with E-state index in [1.807, 2.05) is 6.92 Å². The highest BCUT2D eigenvalue weighted by molar-refractivity contribution is 5.98. The van der Waals surface area contributed by atoms with Gasteiger partial charge in [0.2, 0.25) is 0 Å². The Labute approximate surface area is 153 Å². The number of ether oxygens (including phenoxy) is 2. The van der Waals surface area contributed by atoms with Crippen molar-refractivity contribution in [3.8, 4) is 6.07 Å². The number of carbonyl (C=O) groups is 2. The van der Waals surface area contributed by atoms with Gasteiger partial charge in [-0.25, -0.2) is 9.59 Å². The standard InChI is InChI=1S/C20H22N2O4/c1-5-10-26-20(24)17-11-16(19(23)25-4)13(2)22(14(17)3)18-9-7-6-8-15(18)12-21/h6-9H,5,10-11H2,1-4H3. The quantitative estimate of drug-likeness (QED) is 0.754. The number of benzene rings is 1. The summed E-state index contributed by atoms with van der Waals surface area (Å²) in [5.74, 6) is -0.965. The minimum Gasteiger partial charge on any atom is -0.466 e. The van der Waals surface area contributed by atoms with Crippen LogP contribution in [0.25, 0.3) is 0 Å². The summed E-state index contributed by atoms with van der Waals surface area (Å²) >= 11 is 0. The fraction of sp³-hybridized carbons (Fsp3) is 0.350. The number of esters is 2. The van der Waals surface area contributed by atoms with Crippen LogP contribution in [0.1, 0.15) is 39.2 Å².